The lowest BCUT2D eigenvalue weighted by Crippen LogP contribution is -2.37. The van der Waals surface area contributed by atoms with Crippen molar-refractivity contribution >= 4 is 21.4 Å². The van der Waals surface area contributed by atoms with E-state index in [1.807, 2.05) is 0 Å². The third-order valence-electron chi connectivity index (χ3n) is 2.17. The molecule has 1 rings (SSSR count). The minimum absolute atomic E-state index is 0.162. The van der Waals surface area contributed by atoms with Gasteiger partial charge in [-0.3, -0.25) is 4.79 Å². The summed E-state index contributed by atoms with van der Waals surface area (Å²) in [7, 11) is -3.20. The molecule has 100 valence electrons. The lowest BCUT2D eigenvalue weighted by molar-refractivity contribution is 0.0939. The van der Waals surface area contributed by atoms with Crippen molar-refractivity contribution in [1.29, 1.82) is 0 Å². The smallest absolute Gasteiger partial charge is 0.254 e. The zero-order chi connectivity index (χ0) is 13.9. The number of sulfone groups is 1. The SMILES string of the molecule is CC(CS(C)(=O)=O)NC(=O)c1ccc(N)cc1F. The molecule has 0 spiro atoms. The van der Waals surface area contributed by atoms with Crippen LogP contribution in [0.3, 0.4) is 0 Å². The van der Waals surface area contributed by atoms with Crippen molar-refractivity contribution in [2.75, 3.05) is 17.7 Å². The molecule has 1 unspecified atom stereocenters. The van der Waals surface area contributed by atoms with Crippen LogP contribution in [0.25, 0.3) is 0 Å². The summed E-state index contributed by atoms with van der Waals surface area (Å²) in [5.74, 6) is -1.60. The fourth-order valence-corrected chi connectivity index (χ4v) is 2.50. The maximum atomic E-state index is 13.4. The molecule has 0 fully saturated rings. The van der Waals surface area contributed by atoms with Gasteiger partial charge in [0.05, 0.1) is 11.3 Å². The molecule has 0 radical (unpaired) electrons. The largest absolute Gasteiger partial charge is 0.399 e. The lowest BCUT2D eigenvalue weighted by atomic mass is 10.1. The third kappa shape index (κ3) is 4.33. The first-order valence-electron chi connectivity index (χ1n) is 5.22. The van der Waals surface area contributed by atoms with Crippen molar-refractivity contribution in [2.24, 2.45) is 0 Å². The van der Waals surface area contributed by atoms with E-state index in [4.69, 9.17) is 5.73 Å². The highest BCUT2D eigenvalue weighted by molar-refractivity contribution is 7.90. The van der Waals surface area contributed by atoms with E-state index in [9.17, 15) is 17.6 Å². The number of carbonyl (C=O) groups excluding carboxylic acids is 1. The highest BCUT2D eigenvalue weighted by atomic mass is 32.2. The number of nitrogens with two attached hydrogens (primary N) is 1. The molecule has 0 aliphatic heterocycles. The number of carbonyl (C=O) groups is 1. The third-order valence-corrected chi connectivity index (χ3v) is 3.27. The molecule has 0 saturated carbocycles. The lowest BCUT2D eigenvalue weighted by Gasteiger charge is -2.13. The van der Waals surface area contributed by atoms with Gasteiger partial charge in [0, 0.05) is 18.0 Å². The maximum Gasteiger partial charge on any atom is 0.254 e. The Kier molecular flexibility index (Phi) is 4.28. The predicted molar refractivity (Wildman–Crippen MR) is 67.5 cm³/mol. The maximum absolute atomic E-state index is 13.4. The zero-order valence-corrected chi connectivity index (χ0v) is 10.9. The number of anilines is 1. The molecule has 0 heterocycles. The zero-order valence-electron chi connectivity index (χ0n) is 10.1. The molecule has 0 aliphatic rings. The molecule has 1 aromatic carbocycles. The van der Waals surface area contributed by atoms with Gasteiger partial charge in [-0.15, -0.1) is 0 Å². The monoisotopic (exact) mass is 274 g/mol. The molecule has 1 amide bonds. The molecular weight excluding hydrogens is 259 g/mol. The molecule has 1 aromatic rings. The second kappa shape index (κ2) is 5.34. The summed E-state index contributed by atoms with van der Waals surface area (Å²) in [6.45, 7) is 1.54. The van der Waals surface area contributed by atoms with Crippen molar-refractivity contribution < 1.29 is 17.6 Å². The van der Waals surface area contributed by atoms with Crippen LogP contribution < -0.4 is 11.1 Å². The molecule has 3 N–H and O–H groups in total. The number of halogens is 1. The standard InChI is InChI=1S/C11H15FN2O3S/c1-7(6-18(2,16)17)14-11(15)9-4-3-8(13)5-10(9)12/h3-5,7H,6,13H2,1-2H3,(H,14,15). The van der Waals surface area contributed by atoms with Gasteiger partial charge in [-0.25, -0.2) is 12.8 Å². The summed E-state index contributed by atoms with van der Waals surface area (Å²) in [5, 5.41) is 2.41. The molecule has 1 atom stereocenters. The second-order valence-electron chi connectivity index (χ2n) is 4.21. The number of amides is 1. The van der Waals surface area contributed by atoms with Crippen molar-refractivity contribution in [1.82, 2.24) is 5.32 Å². The Morgan fingerprint density at radius 3 is 2.61 bits per heavy atom. The minimum Gasteiger partial charge on any atom is -0.399 e. The number of rotatable bonds is 4. The summed E-state index contributed by atoms with van der Waals surface area (Å²) in [6, 6.07) is 3.10. The summed E-state index contributed by atoms with van der Waals surface area (Å²) >= 11 is 0. The van der Waals surface area contributed by atoms with Crippen LogP contribution in [0.5, 0.6) is 0 Å². The van der Waals surface area contributed by atoms with Crippen LogP contribution in [-0.4, -0.2) is 32.4 Å². The highest BCUT2D eigenvalue weighted by Gasteiger charge is 2.16. The van der Waals surface area contributed by atoms with Gasteiger partial charge >= 0.3 is 0 Å². The van der Waals surface area contributed by atoms with Gasteiger partial charge < -0.3 is 11.1 Å². The van der Waals surface area contributed by atoms with E-state index in [1.54, 1.807) is 0 Å². The second-order valence-corrected chi connectivity index (χ2v) is 6.39. The fraction of sp³-hybridized carbons (Fsp3) is 0.364. The van der Waals surface area contributed by atoms with Gasteiger partial charge in [-0.05, 0) is 25.1 Å². The van der Waals surface area contributed by atoms with E-state index in [-0.39, 0.29) is 17.0 Å². The van der Waals surface area contributed by atoms with E-state index in [0.717, 1.165) is 12.3 Å². The average molecular weight is 274 g/mol. The Labute approximate surface area is 105 Å². The molecule has 0 saturated heterocycles. The van der Waals surface area contributed by atoms with Gasteiger partial charge in [-0.1, -0.05) is 0 Å². The van der Waals surface area contributed by atoms with E-state index < -0.39 is 27.6 Å². The number of hydrogen-bond acceptors (Lipinski definition) is 4. The first-order chi connectivity index (χ1) is 8.19. The average Bonchev–Trinajstić information content (AvgIpc) is 2.13. The Morgan fingerprint density at radius 1 is 1.50 bits per heavy atom. The normalized spacial score (nSPS) is 13.1. The van der Waals surface area contributed by atoms with Crippen LogP contribution >= 0.6 is 0 Å². The van der Waals surface area contributed by atoms with E-state index >= 15 is 0 Å². The summed E-state index contributed by atoms with van der Waals surface area (Å²) < 4.78 is 35.5. The van der Waals surface area contributed by atoms with Gasteiger partial charge in [0.15, 0.2) is 0 Å². The van der Waals surface area contributed by atoms with Crippen LogP contribution in [0.4, 0.5) is 10.1 Å². The summed E-state index contributed by atoms with van der Waals surface area (Å²) in [5.41, 5.74) is 5.41. The van der Waals surface area contributed by atoms with Gasteiger partial charge in [-0.2, -0.15) is 0 Å². The van der Waals surface area contributed by atoms with Crippen molar-refractivity contribution in [3.63, 3.8) is 0 Å². The van der Waals surface area contributed by atoms with Crippen molar-refractivity contribution in [2.45, 2.75) is 13.0 Å². The fourth-order valence-electron chi connectivity index (χ4n) is 1.51. The number of benzene rings is 1. The van der Waals surface area contributed by atoms with Gasteiger partial charge in [0.1, 0.15) is 15.7 Å². The van der Waals surface area contributed by atoms with Gasteiger partial charge in [0.2, 0.25) is 0 Å². The molecule has 0 bridgehead atoms. The highest BCUT2D eigenvalue weighted by Crippen LogP contribution is 2.11. The quantitative estimate of drug-likeness (QED) is 0.786. The molecule has 0 aromatic heterocycles. The van der Waals surface area contributed by atoms with E-state index in [1.165, 1.54) is 19.1 Å². The Balaban J connectivity index is 2.77. The van der Waals surface area contributed by atoms with Crippen molar-refractivity contribution in [3.8, 4) is 0 Å². The molecule has 18 heavy (non-hydrogen) atoms. The number of nitrogen functional groups attached to an aromatic ring is 1. The van der Waals surface area contributed by atoms with Crippen LogP contribution in [0.15, 0.2) is 18.2 Å². The predicted octanol–water partition coefficient (Wildman–Crippen LogP) is 0.571. The van der Waals surface area contributed by atoms with Crippen molar-refractivity contribution in [3.05, 3.63) is 29.6 Å². The first kappa shape index (κ1) is 14.4. The molecular formula is C11H15FN2O3S. The van der Waals surface area contributed by atoms with E-state index in [0.29, 0.717) is 0 Å². The van der Waals surface area contributed by atoms with Crippen LogP contribution in [0.1, 0.15) is 17.3 Å². The van der Waals surface area contributed by atoms with Gasteiger partial charge in [0.25, 0.3) is 5.91 Å². The number of hydrogen-bond donors (Lipinski definition) is 2. The molecule has 0 aliphatic carbocycles. The molecule has 7 heteroatoms. The Morgan fingerprint density at radius 2 is 2.11 bits per heavy atom. The Bertz CT molecular complexity index is 557. The van der Waals surface area contributed by atoms with Crippen LogP contribution in [0, 0.1) is 5.82 Å². The van der Waals surface area contributed by atoms with Crippen LogP contribution in [-0.2, 0) is 9.84 Å². The minimum atomic E-state index is -3.20. The first-order valence-corrected chi connectivity index (χ1v) is 7.28. The summed E-state index contributed by atoms with van der Waals surface area (Å²) in [4.78, 5) is 11.7. The summed E-state index contributed by atoms with van der Waals surface area (Å²) in [6.07, 6.45) is 1.07. The molecule has 5 nitrogen and oxygen atoms in total. The van der Waals surface area contributed by atoms with E-state index in [2.05, 4.69) is 5.32 Å². The Hall–Kier alpha value is -1.63. The van der Waals surface area contributed by atoms with Crippen LogP contribution in [0.2, 0.25) is 0 Å². The number of nitrogens with one attached hydrogen (secondary N) is 1. The topological polar surface area (TPSA) is 89.3 Å².